The Balaban J connectivity index is 2.74. The highest BCUT2D eigenvalue weighted by atomic mass is 16.1. The predicted molar refractivity (Wildman–Crippen MR) is 46.3 cm³/mol. The van der Waals surface area contributed by atoms with Gasteiger partial charge in [0.05, 0.1) is 0 Å². The highest BCUT2D eigenvalue weighted by Gasteiger charge is 2.22. The minimum Gasteiger partial charge on any atom is -0.303 e. The van der Waals surface area contributed by atoms with E-state index in [4.69, 9.17) is 0 Å². The Morgan fingerprint density at radius 1 is 1.27 bits per heavy atom. The molecule has 0 heterocycles. The van der Waals surface area contributed by atoms with Gasteiger partial charge in [0.15, 0.2) is 0 Å². The fraction of sp³-hybridized carbons (Fsp3) is 0.700. The molecule has 0 amide bonds. The molecule has 1 rings (SSSR count). The van der Waals surface area contributed by atoms with Crippen LogP contribution >= 0.6 is 0 Å². The molecule has 2 atom stereocenters. The fourth-order valence-corrected chi connectivity index (χ4v) is 1.72. The first-order valence-electron chi connectivity index (χ1n) is 4.25. The molecule has 1 heteroatoms. The van der Waals surface area contributed by atoms with Gasteiger partial charge in [-0.05, 0) is 32.6 Å². The lowest BCUT2D eigenvalue weighted by atomic mass is 9.78. The Labute approximate surface area is 68.5 Å². The van der Waals surface area contributed by atoms with E-state index < -0.39 is 0 Å². The van der Waals surface area contributed by atoms with Crippen molar-refractivity contribution >= 4 is 6.29 Å². The summed E-state index contributed by atoms with van der Waals surface area (Å²) >= 11 is 0. The molecule has 62 valence electrons. The highest BCUT2D eigenvalue weighted by Crippen LogP contribution is 2.32. The van der Waals surface area contributed by atoms with Crippen LogP contribution in [-0.4, -0.2) is 6.29 Å². The van der Waals surface area contributed by atoms with Crippen molar-refractivity contribution in [1.82, 2.24) is 0 Å². The van der Waals surface area contributed by atoms with Gasteiger partial charge in [-0.3, -0.25) is 0 Å². The number of hydrogen-bond acceptors (Lipinski definition) is 1. The van der Waals surface area contributed by atoms with Gasteiger partial charge in [0.1, 0.15) is 6.29 Å². The lowest BCUT2D eigenvalue weighted by molar-refractivity contribution is -0.112. The summed E-state index contributed by atoms with van der Waals surface area (Å²) in [6.07, 6.45) is 3.20. The second-order valence-electron chi connectivity index (χ2n) is 3.75. The zero-order valence-corrected chi connectivity index (χ0v) is 7.55. The molecule has 0 saturated heterocycles. The number of aldehydes is 1. The minimum atomic E-state index is 0.277. The summed E-state index contributed by atoms with van der Waals surface area (Å²) < 4.78 is 0. The Morgan fingerprint density at radius 2 is 1.82 bits per heavy atom. The molecule has 0 aliphatic heterocycles. The van der Waals surface area contributed by atoms with Crippen molar-refractivity contribution in [3.05, 3.63) is 11.1 Å². The third-order valence-electron chi connectivity index (χ3n) is 2.80. The monoisotopic (exact) mass is 152 g/mol. The first-order chi connectivity index (χ1) is 5.15. The van der Waals surface area contributed by atoms with Gasteiger partial charge in [-0.25, -0.2) is 0 Å². The summed E-state index contributed by atoms with van der Waals surface area (Å²) in [6, 6.07) is 0. The van der Waals surface area contributed by atoms with Crippen LogP contribution in [0.5, 0.6) is 0 Å². The molecule has 1 nitrogen and oxygen atoms in total. The van der Waals surface area contributed by atoms with Crippen LogP contribution in [0.3, 0.4) is 0 Å². The zero-order valence-electron chi connectivity index (χ0n) is 7.55. The van der Waals surface area contributed by atoms with Crippen LogP contribution < -0.4 is 0 Å². The van der Waals surface area contributed by atoms with Crippen LogP contribution in [0.2, 0.25) is 0 Å². The number of rotatable bonds is 1. The maximum Gasteiger partial charge on any atom is 0.123 e. The van der Waals surface area contributed by atoms with E-state index >= 15 is 0 Å². The van der Waals surface area contributed by atoms with Gasteiger partial charge in [0, 0.05) is 5.92 Å². The van der Waals surface area contributed by atoms with E-state index in [2.05, 4.69) is 20.8 Å². The van der Waals surface area contributed by atoms with Crippen LogP contribution in [0.1, 0.15) is 33.6 Å². The molecule has 0 aromatic heterocycles. The van der Waals surface area contributed by atoms with Crippen molar-refractivity contribution in [1.29, 1.82) is 0 Å². The summed E-state index contributed by atoms with van der Waals surface area (Å²) in [4.78, 5) is 10.6. The molecular weight excluding hydrogens is 136 g/mol. The van der Waals surface area contributed by atoms with Gasteiger partial charge in [-0.2, -0.15) is 0 Å². The van der Waals surface area contributed by atoms with E-state index in [9.17, 15) is 4.79 Å². The molecular formula is C10H16O. The van der Waals surface area contributed by atoms with Crippen LogP contribution in [0, 0.1) is 11.8 Å². The van der Waals surface area contributed by atoms with Gasteiger partial charge < -0.3 is 4.79 Å². The Bertz CT molecular complexity index is 191. The standard InChI is InChI=1S/C10H16O/c1-7-4-9(3)10(6-11)5-8(7)2/h6,9-10H,4-5H2,1-3H3/t9-,10-/m1/s1. The Morgan fingerprint density at radius 3 is 2.36 bits per heavy atom. The fourth-order valence-electron chi connectivity index (χ4n) is 1.72. The predicted octanol–water partition coefficient (Wildman–Crippen LogP) is 2.57. The number of hydrogen-bond donors (Lipinski definition) is 0. The molecule has 0 unspecified atom stereocenters. The van der Waals surface area contributed by atoms with Gasteiger partial charge in [0.2, 0.25) is 0 Å². The average Bonchev–Trinajstić information content (AvgIpc) is 1.97. The largest absolute Gasteiger partial charge is 0.303 e. The van der Waals surface area contributed by atoms with Crippen molar-refractivity contribution in [2.45, 2.75) is 33.6 Å². The molecule has 0 fully saturated rings. The number of carbonyl (C=O) groups is 1. The van der Waals surface area contributed by atoms with E-state index in [-0.39, 0.29) is 5.92 Å². The second-order valence-corrected chi connectivity index (χ2v) is 3.75. The molecule has 0 aromatic carbocycles. The quantitative estimate of drug-likeness (QED) is 0.417. The van der Waals surface area contributed by atoms with Gasteiger partial charge in [-0.15, -0.1) is 0 Å². The first-order valence-corrected chi connectivity index (χ1v) is 4.25. The molecule has 11 heavy (non-hydrogen) atoms. The molecule has 1 aliphatic rings. The maximum absolute atomic E-state index is 10.6. The van der Waals surface area contributed by atoms with Crippen molar-refractivity contribution in [3.8, 4) is 0 Å². The van der Waals surface area contributed by atoms with Crippen molar-refractivity contribution in [2.75, 3.05) is 0 Å². The van der Waals surface area contributed by atoms with Crippen molar-refractivity contribution in [2.24, 2.45) is 11.8 Å². The summed E-state index contributed by atoms with van der Waals surface area (Å²) in [5, 5.41) is 0. The average molecular weight is 152 g/mol. The SMILES string of the molecule is CC1=C(C)C[C@H](C=O)[C@H](C)C1. The minimum absolute atomic E-state index is 0.277. The molecule has 0 bridgehead atoms. The van der Waals surface area contributed by atoms with Crippen molar-refractivity contribution in [3.63, 3.8) is 0 Å². The van der Waals surface area contributed by atoms with E-state index in [0.717, 1.165) is 19.1 Å². The van der Waals surface area contributed by atoms with E-state index in [1.165, 1.54) is 11.1 Å². The third-order valence-corrected chi connectivity index (χ3v) is 2.80. The summed E-state index contributed by atoms with van der Waals surface area (Å²) in [6.45, 7) is 6.47. The lowest BCUT2D eigenvalue weighted by Gasteiger charge is -2.26. The van der Waals surface area contributed by atoms with Crippen LogP contribution in [-0.2, 0) is 4.79 Å². The normalized spacial score (nSPS) is 32.3. The topological polar surface area (TPSA) is 17.1 Å². The van der Waals surface area contributed by atoms with Gasteiger partial charge >= 0.3 is 0 Å². The molecule has 0 spiro atoms. The Kier molecular flexibility index (Phi) is 2.48. The van der Waals surface area contributed by atoms with Crippen LogP contribution in [0.25, 0.3) is 0 Å². The number of carbonyl (C=O) groups excluding carboxylic acids is 1. The summed E-state index contributed by atoms with van der Waals surface area (Å²) in [7, 11) is 0. The molecule has 0 saturated carbocycles. The Hall–Kier alpha value is -0.590. The highest BCUT2D eigenvalue weighted by molar-refractivity contribution is 5.55. The maximum atomic E-state index is 10.6. The van der Waals surface area contributed by atoms with Crippen LogP contribution in [0.15, 0.2) is 11.1 Å². The second kappa shape index (κ2) is 3.21. The van der Waals surface area contributed by atoms with Gasteiger partial charge in [0.25, 0.3) is 0 Å². The van der Waals surface area contributed by atoms with Gasteiger partial charge in [-0.1, -0.05) is 18.1 Å². The summed E-state index contributed by atoms with van der Waals surface area (Å²) in [5.74, 6) is 0.829. The summed E-state index contributed by atoms with van der Waals surface area (Å²) in [5.41, 5.74) is 2.90. The van der Waals surface area contributed by atoms with E-state index in [0.29, 0.717) is 5.92 Å². The third kappa shape index (κ3) is 1.70. The number of allylic oxidation sites excluding steroid dienone is 2. The molecule has 1 aliphatic carbocycles. The van der Waals surface area contributed by atoms with Crippen molar-refractivity contribution < 1.29 is 4.79 Å². The molecule has 0 aromatic rings. The smallest absolute Gasteiger partial charge is 0.123 e. The molecule has 0 N–H and O–H groups in total. The first kappa shape index (κ1) is 8.51. The lowest BCUT2D eigenvalue weighted by Crippen LogP contribution is -2.18. The zero-order chi connectivity index (χ0) is 8.43. The van der Waals surface area contributed by atoms with E-state index in [1.54, 1.807) is 0 Å². The van der Waals surface area contributed by atoms with Crippen LogP contribution in [0.4, 0.5) is 0 Å². The molecule has 0 radical (unpaired) electrons. The van der Waals surface area contributed by atoms with E-state index in [1.807, 2.05) is 0 Å².